The molecule has 0 saturated heterocycles. The molecule has 222 valence electrons. The highest BCUT2D eigenvalue weighted by atomic mass is 16.5. The summed E-state index contributed by atoms with van der Waals surface area (Å²) in [5.41, 5.74) is 6.47. The first-order valence-electron chi connectivity index (χ1n) is 16.2. The Balaban J connectivity index is 1.37. The van der Waals surface area contributed by atoms with Gasteiger partial charge in [-0.3, -0.25) is 9.59 Å². The van der Waals surface area contributed by atoms with E-state index in [-0.39, 0.29) is 29.3 Å². The van der Waals surface area contributed by atoms with Crippen LogP contribution in [-0.2, 0) is 14.3 Å². The topological polar surface area (TPSA) is 89.6 Å². The Morgan fingerprint density at radius 2 is 1.56 bits per heavy atom. The van der Waals surface area contributed by atoms with E-state index < -0.39 is 11.4 Å². The summed E-state index contributed by atoms with van der Waals surface area (Å²) in [6.45, 7) is 16.7. The summed E-state index contributed by atoms with van der Waals surface area (Å²) in [6, 6.07) is 0. The smallest absolute Gasteiger partial charge is 0.309 e. The first-order valence-corrected chi connectivity index (χ1v) is 16.2. The van der Waals surface area contributed by atoms with Gasteiger partial charge in [0.15, 0.2) is 0 Å². The van der Waals surface area contributed by atoms with Crippen LogP contribution in [0.1, 0.15) is 132 Å². The molecule has 0 aromatic rings. The second-order valence-electron chi connectivity index (χ2n) is 16.8. The van der Waals surface area contributed by atoms with Crippen LogP contribution in [0.2, 0.25) is 0 Å². The lowest BCUT2D eigenvalue weighted by atomic mass is 9.32. The van der Waals surface area contributed by atoms with Crippen molar-refractivity contribution in [3.05, 3.63) is 0 Å². The van der Waals surface area contributed by atoms with E-state index in [9.17, 15) is 14.7 Å². The maximum Gasteiger partial charge on any atom is 0.309 e. The first kappa shape index (κ1) is 29.4. The zero-order valence-corrected chi connectivity index (χ0v) is 26.0. The van der Waals surface area contributed by atoms with Crippen molar-refractivity contribution in [3.8, 4) is 0 Å². The molecule has 5 heteroatoms. The van der Waals surface area contributed by atoms with Gasteiger partial charge in [-0.2, -0.15) is 0 Å². The second kappa shape index (κ2) is 9.46. The van der Waals surface area contributed by atoms with Crippen molar-refractivity contribution in [1.29, 1.82) is 0 Å². The molecule has 5 fully saturated rings. The van der Waals surface area contributed by atoms with Crippen LogP contribution in [0, 0.1) is 56.2 Å². The Morgan fingerprint density at radius 1 is 0.846 bits per heavy atom. The van der Waals surface area contributed by atoms with E-state index in [0.717, 1.165) is 31.2 Å². The van der Waals surface area contributed by atoms with Gasteiger partial charge < -0.3 is 15.6 Å². The molecule has 0 bridgehead atoms. The molecule has 0 amide bonds. The maximum atomic E-state index is 12.9. The molecule has 5 aliphatic rings. The molecule has 3 N–H and O–H groups in total. The van der Waals surface area contributed by atoms with Crippen molar-refractivity contribution in [2.75, 3.05) is 6.54 Å². The molecule has 0 spiro atoms. The number of carbonyl (C=O) groups excluding carboxylic acids is 1. The molecule has 5 aliphatic carbocycles. The van der Waals surface area contributed by atoms with Crippen molar-refractivity contribution in [2.24, 2.45) is 61.9 Å². The highest BCUT2D eigenvalue weighted by Crippen LogP contribution is 2.77. The first-order chi connectivity index (χ1) is 18.1. The predicted molar refractivity (Wildman–Crippen MR) is 155 cm³/mol. The van der Waals surface area contributed by atoms with Gasteiger partial charge in [-0.15, -0.1) is 0 Å². The van der Waals surface area contributed by atoms with Crippen molar-refractivity contribution in [2.45, 2.75) is 138 Å². The van der Waals surface area contributed by atoms with Gasteiger partial charge in [-0.25, -0.2) is 0 Å². The van der Waals surface area contributed by atoms with E-state index in [1.165, 1.54) is 64.2 Å². The van der Waals surface area contributed by atoms with E-state index in [4.69, 9.17) is 10.5 Å². The Labute approximate surface area is 237 Å². The highest BCUT2D eigenvalue weighted by Gasteiger charge is 2.70. The molecule has 39 heavy (non-hydrogen) atoms. The van der Waals surface area contributed by atoms with Crippen LogP contribution < -0.4 is 5.73 Å². The van der Waals surface area contributed by atoms with E-state index in [1.807, 2.05) is 0 Å². The summed E-state index contributed by atoms with van der Waals surface area (Å²) in [5, 5.41) is 9.50. The SMILES string of the molecule is CC(C)(CC(=O)O[C@H]1CC[C@@]2(C)C(CC[C@]3(C)C2CC[C@@H]2[C@H]4CCC[C@]4(CCN)CC[C@]23C)C1(C)C)C(=O)O. The third kappa shape index (κ3) is 4.16. The van der Waals surface area contributed by atoms with Gasteiger partial charge in [-0.05, 0) is 136 Å². The molecule has 0 heterocycles. The van der Waals surface area contributed by atoms with Gasteiger partial charge in [0, 0.05) is 5.41 Å². The van der Waals surface area contributed by atoms with E-state index >= 15 is 0 Å². The third-order valence-corrected chi connectivity index (χ3v) is 14.6. The van der Waals surface area contributed by atoms with E-state index in [1.54, 1.807) is 13.8 Å². The van der Waals surface area contributed by atoms with Crippen molar-refractivity contribution in [3.63, 3.8) is 0 Å². The highest BCUT2D eigenvalue weighted by molar-refractivity contribution is 5.81. The zero-order chi connectivity index (χ0) is 28.6. The van der Waals surface area contributed by atoms with Gasteiger partial charge in [0.25, 0.3) is 0 Å². The number of aliphatic carboxylic acids is 1. The number of fused-ring (bicyclic) bond motifs is 7. The number of carboxylic acid groups (broad SMARTS) is 1. The summed E-state index contributed by atoms with van der Waals surface area (Å²) in [4.78, 5) is 24.5. The Hall–Kier alpha value is -1.10. The van der Waals surface area contributed by atoms with E-state index in [0.29, 0.717) is 28.1 Å². The largest absolute Gasteiger partial charge is 0.481 e. The molecule has 2 unspecified atom stereocenters. The Kier molecular flexibility index (Phi) is 7.13. The van der Waals surface area contributed by atoms with Gasteiger partial charge in [0.05, 0.1) is 11.8 Å². The molecule has 5 nitrogen and oxygen atoms in total. The fourth-order valence-corrected chi connectivity index (χ4v) is 12.2. The molecule has 0 aromatic heterocycles. The molecule has 0 aliphatic heterocycles. The van der Waals surface area contributed by atoms with Crippen LogP contribution >= 0.6 is 0 Å². The van der Waals surface area contributed by atoms with Crippen molar-refractivity contribution >= 4 is 11.9 Å². The number of nitrogens with two attached hydrogens (primary N) is 1. The van der Waals surface area contributed by atoms with Crippen molar-refractivity contribution in [1.82, 2.24) is 0 Å². The monoisotopic (exact) mass is 543 g/mol. The number of esters is 1. The Morgan fingerprint density at radius 3 is 2.23 bits per heavy atom. The van der Waals surface area contributed by atoms with Crippen molar-refractivity contribution < 1.29 is 19.4 Å². The van der Waals surface area contributed by atoms with Crippen LogP contribution in [0.3, 0.4) is 0 Å². The number of ether oxygens (including phenoxy) is 1. The lowest BCUT2D eigenvalue weighted by molar-refractivity contribution is -0.248. The van der Waals surface area contributed by atoms with E-state index in [2.05, 4.69) is 34.6 Å². The fraction of sp³-hybridized carbons (Fsp3) is 0.941. The minimum absolute atomic E-state index is 0.0793. The summed E-state index contributed by atoms with van der Waals surface area (Å²) < 4.78 is 6.12. The number of hydrogen-bond acceptors (Lipinski definition) is 4. The number of rotatable bonds is 6. The maximum absolute atomic E-state index is 12.9. The summed E-state index contributed by atoms with van der Waals surface area (Å²) >= 11 is 0. The summed E-state index contributed by atoms with van der Waals surface area (Å²) in [6.07, 6.45) is 15.1. The standard InChI is InChI=1S/C34H57NO4/c1-29(2,28(37)38)21-27(36)39-26-13-15-31(5)24(30(26,3)4)12-16-33(7)25(31)11-10-22-23-9-8-14-34(23,19-20-35)18-17-32(22,33)6/h22-26H,8-21,35H2,1-7H3,(H,37,38)/t22-,23-,24?,25?,26+,31+,32-,33-,34-/m1/s1. The minimum Gasteiger partial charge on any atom is -0.481 e. The van der Waals surface area contributed by atoms with Crippen LogP contribution in [0.25, 0.3) is 0 Å². The number of carbonyl (C=O) groups is 2. The fourth-order valence-electron chi connectivity index (χ4n) is 12.2. The van der Waals surface area contributed by atoms with Crippen LogP contribution in [-0.4, -0.2) is 29.7 Å². The van der Waals surface area contributed by atoms with Crippen LogP contribution in [0.15, 0.2) is 0 Å². The molecule has 0 radical (unpaired) electrons. The summed E-state index contributed by atoms with van der Waals surface area (Å²) in [7, 11) is 0. The normalized spacial score (nSPS) is 46.8. The van der Waals surface area contributed by atoms with Crippen LogP contribution in [0.5, 0.6) is 0 Å². The number of hydrogen-bond donors (Lipinski definition) is 2. The Bertz CT molecular complexity index is 990. The molecule has 9 atom stereocenters. The molecular formula is C34H57NO4. The second-order valence-corrected chi connectivity index (χ2v) is 16.8. The van der Waals surface area contributed by atoms with Crippen LogP contribution in [0.4, 0.5) is 0 Å². The van der Waals surface area contributed by atoms with Gasteiger partial charge in [0.2, 0.25) is 0 Å². The molecule has 5 saturated carbocycles. The average Bonchev–Trinajstić information content (AvgIpc) is 3.25. The number of carboxylic acids is 1. The lowest BCUT2D eigenvalue weighted by Crippen LogP contribution is -2.66. The molecule has 0 aromatic carbocycles. The third-order valence-electron chi connectivity index (χ3n) is 14.6. The average molecular weight is 544 g/mol. The van der Waals surface area contributed by atoms with Gasteiger partial charge in [0.1, 0.15) is 6.10 Å². The molecular weight excluding hydrogens is 486 g/mol. The van der Waals surface area contributed by atoms with Gasteiger partial charge in [-0.1, -0.05) is 41.0 Å². The minimum atomic E-state index is -1.10. The quantitative estimate of drug-likeness (QED) is 0.337. The lowest BCUT2D eigenvalue weighted by Gasteiger charge is -2.72. The van der Waals surface area contributed by atoms with Gasteiger partial charge >= 0.3 is 11.9 Å². The predicted octanol–water partition coefficient (Wildman–Crippen LogP) is 7.60. The zero-order valence-electron chi connectivity index (χ0n) is 26.0. The molecule has 5 rings (SSSR count). The summed E-state index contributed by atoms with van der Waals surface area (Å²) in [5.74, 6) is 1.60.